The Morgan fingerprint density at radius 3 is 0.760 bits per heavy atom. The van der Waals surface area contributed by atoms with Crippen molar-refractivity contribution in [2.45, 2.75) is 88.5 Å². The second kappa shape index (κ2) is 7.36. The van der Waals surface area contributed by atoms with Crippen LogP contribution in [0.25, 0.3) is 0 Å². The van der Waals surface area contributed by atoms with Crippen LogP contribution in [0.15, 0.2) is 0 Å². The molecule has 0 aliphatic rings. The highest BCUT2D eigenvalue weighted by molar-refractivity contribution is 5.51. The summed E-state index contributed by atoms with van der Waals surface area (Å²) in [5.41, 5.74) is 18.0. The summed E-state index contributed by atoms with van der Waals surface area (Å²) >= 11 is 0. The minimum absolute atomic E-state index is 1.18. The first-order valence-corrected chi connectivity index (χ1v) is 9.71. The van der Waals surface area contributed by atoms with Crippen LogP contribution in [0, 0.1) is 69.2 Å². The zero-order valence-corrected chi connectivity index (χ0v) is 18.1. The standard InChI is InChI=1S/C25H36/c1-14-16(3)20(7)24(21(8)17(14)4)12-11-13-25-22(9)18(5)15(2)19(6)23(25)10/h11-13H2,1-10H3. The predicted molar refractivity (Wildman–Crippen MR) is 112 cm³/mol. The highest BCUT2D eigenvalue weighted by atomic mass is 14.2. The van der Waals surface area contributed by atoms with Gasteiger partial charge in [-0.05, 0) is 155 Å². The van der Waals surface area contributed by atoms with Crippen molar-refractivity contribution in [3.05, 3.63) is 66.8 Å². The summed E-state index contributed by atoms with van der Waals surface area (Å²) in [6.45, 7) is 22.9. The van der Waals surface area contributed by atoms with Crippen molar-refractivity contribution >= 4 is 0 Å². The number of hydrogen-bond acceptors (Lipinski definition) is 0. The molecule has 0 amide bonds. The monoisotopic (exact) mass is 336 g/mol. The number of hydrogen-bond donors (Lipinski definition) is 0. The lowest BCUT2D eigenvalue weighted by Crippen LogP contribution is -2.06. The van der Waals surface area contributed by atoms with Crippen LogP contribution < -0.4 is 0 Å². The Bertz CT molecular complexity index is 691. The molecule has 0 unspecified atom stereocenters. The topological polar surface area (TPSA) is 0 Å². The fourth-order valence-corrected chi connectivity index (χ4v) is 4.35. The Labute approximate surface area is 155 Å². The van der Waals surface area contributed by atoms with Crippen LogP contribution in [0.2, 0.25) is 0 Å². The zero-order valence-electron chi connectivity index (χ0n) is 18.1. The van der Waals surface area contributed by atoms with Gasteiger partial charge in [0.15, 0.2) is 0 Å². The minimum atomic E-state index is 1.18. The van der Waals surface area contributed by atoms with Crippen LogP contribution in [-0.2, 0) is 12.8 Å². The van der Waals surface area contributed by atoms with Gasteiger partial charge in [-0.15, -0.1) is 0 Å². The van der Waals surface area contributed by atoms with Gasteiger partial charge in [-0.1, -0.05) is 0 Å². The summed E-state index contributed by atoms with van der Waals surface area (Å²) in [6, 6.07) is 0. The fraction of sp³-hybridized carbons (Fsp3) is 0.520. The van der Waals surface area contributed by atoms with Crippen molar-refractivity contribution in [1.82, 2.24) is 0 Å². The fourth-order valence-electron chi connectivity index (χ4n) is 4.35. The third kappa shape index (κ3) is 3.41. The normalized spacial score (nSPS) is 11.3. The second-order valence-corrected chi connectivity index (χ2v) is 8.06. The minimum Gasteiger partial charge on any atom is -0.0451 e. The van der Waals surface area contributed by atoms with Crippen molar-refractivity contribution in [3.8, 4) is 0 Å². The van der Waals surface area contributed by atoms with Gasteiger partial charge in [0.1, 0.15) is 0 Å². The average Bonchev–Trinajstić information content (AvgIpc) is 2.60. The van der Waals surface area contributed by atoms with E-state index in [9.17, 15) is 0 Å². The first-order chi connectivity index (χ1) is 11.6. The van der Waals surface area contributed by atoms with Crippen molar-refractivity contribution in [3.63, 3.8) is 0 Å². The summed E-state index contributed by atoms with van der Waals surface area (Å²) in [4.78, 5) is 0. The molecule has 2 aromatic carbocycles. The maximum absolute atomic E-state index is 2.31. The van der Waals surface area contributed by atoms with Gasteiger partial charge in [0.25, 0.3) is 0 Å². The van der Waals surface area contributed by atoms with Crippen LogP contribution in [0.5, 0.6) is 0 Å². The molecular formula is C25H36. The molecule has 0 aliphatic heterocycles. The molecule has 0 saturated heterocycles. The van der Waals surface area contributed by atoms with Crippen LogP contribution in [-0.4, -0.2) is 0 Å². The highest BCUT2D eigenvalue weighted by Gasteiger charge is 2.14. The molecule has 0 atom stereocenters. The molecule has 0 heteroatoms. The molecule has 0 radical (unpaired) electrons. The van der Waals surface area contributed by atoms with Gasteiger partial charge in [-0.3, -0.25) is 0 Å². The van der Waals surface area contributed by atoms with E-state index < -0.39 is 0 Å². The first kappa shape index (κ1) is 19.8. The molecular weight excluding hydrogens is 300 g/mol. The van der Waals surface area contributed by atoms with Crippen LogP contribution in [0.3, 0.4) is 0 Å². The van der Waals surface area contributed by atoms with E-state index in [0.717, 1.165) is 0 Å². The molecule has 2 aromatic rings. The van der Waals surface area contributed by atoms with Gasteiger partial charge in [0, 0.05) is 0 Å². The van der Waals surface area contributed by atoms with Gasteiger partial charge in [0.2, 0.25) is 0 Å². The molecule has 0 nitrogen and oxygen atoms in total. The van der Waals surface area contributed by atoms with E-state index in [-0.39, 0.29) is 0 Å². The largest absolute Gasteiger partial charge is 0.0451 e. The molecule has 2 rings (SSSR count). The Morgan fingerprint density at radius 2 is 0.520 bits per heavy atom. The first-order valence-electron chi connectivity index (χ1n) is 9.71. The average molecular weight is 337 g/mol. The predicted octanol–water partition coefficient (Wildman–Crippen LogP) is 6.95. The molecule has 0 saturated carbocycles. The Kier molecular flexibility index (Phi) is 5.82. The third-order valence-electron chi connectivity index (χ3n) is 7.16. The maximum Gasteiger partial charge on any atom is -0.0270 e. The molecule has 0 aliphatic carbocycles. The van der Waals surface area contributed by atoms with Crippen molar-refractivity contribution in [2.24, 2.45) is 0 Å². The molecule has 0 spiro atoms. The lowest BCUT2D eigenvalue weighted by Gasteiger charge is -2.21. The summed E-state index contributed by atoms with van der Waals surface area (Å²) in [5.74, 6) is 0. The van der Waals surface area contributed by atoms with E-state index in [4.69, 9.17) is 0 Å². The van der Waals surface area contributed by atoms with Gasteiger partial charge in [0.05, 0.1) is 0 Å². The molecule has 0 heterocycles. The van der Waals surface area contributed by atoms with E-state index in [1.54, 1.807) is 11.1 Å². The Morgan fingerprint density at radius 1 is 0.320 bits per heavy atom. The molecule has 25 heavy (non-hydrogen) atoms. The van der Waals surface area contributed by atoms with Crippen LogP contribution in [0.1, 0.15) is 73.2 Å². The van der Waals surface area contributed by atoms with E-state index in [2.05, 4.69) is 69.2 Å². The maximum atomic E-state index is 2.31. The smallest absolute Gasteiger partial charge is 0.0270 e. The number of rotatable bonds is 4. The van der Waals surface area contributed by atoms with Crippen molar-refractivity contribution in [2.75, 3.05) is 0 Å². The lowest BCUT2D eigenvalue weighted by atomic mass is 9.85. The molecule has 0 aromatic heterocycles. The highest BCUT2D eigenvalue weighted by Crippen LogP contribution is 2.30. The van der Waals surface area contributed by atoms with Gasteiger partial charge >= 0.3 is 0 Å². The van der Waals surface area contributed by atoms with Crippen molar-refractivity contribution in [1.29, 1.82) is 0 Å². The molecule has 136 valence electrons. The molecule has 0 N–H and O–H groups in total. The van der Waals surface area contributed by atoms with E-state index in [0.29, 0.717) is 0 Å². The van der Waals surface area contributed by atoms with Crippen molar-refractivity contribution < 1.29 is 0 Å². The van der Waals surface area contributed by atoms with Crippen LogP contribution in [0.4, 0.5) is 0 Å². The molecule has 0 fully saturated rings. The van der Waals surface area contributed by atoms with Gasteiger partial charge in [-0.2, -0.15) is 0 Å². The summed E-state index contributed by atoms with van der Waals surface area (Å²) in [6.07, 6.45) is 3.60. The second-order valence-electron chi connectivity index (χ2n) is 8.06. The van der Waals surface area contributed by atoms with E-state index >= 15 is 0 Å². The summed E-state index contributed by atoms with van der Waals surface area (Å²) < 4.78 is 0. The summed E-state index contributed by atoms with van der Waals surface area (Å²) in [5, 5.41) is 0. The third-order valence-corrected chi connectivity index (χ3v) is 7.16. The van der Waals surface area contributed by atoms with Crippen LogP contribution >= 0.6 is 0 Å². The molecule has 0 bridgehead atoms. The van der Waals surface area contributed by atoms with Gasteiger partial charge < -0.3 is 0 Å². The van der Waals surface area contributed by atoms with E-state index in [1.807, 2.05) is 0 Å². The zero-order chi connectivity index (χ0) is 19.0. The lowest BCUT2D eigenvalue weighted by molar-refractivity contribution is 0.796. The Hall–Kier alpha value is -1.56. The van der Waals surface area contributed by atoms with Gasteiger partial charge in [-0.25, -0.2) is 0 Å². The SMILES string of the molecule is Cc1c(C)c(C)c(CCCc2c(C)c(C)c(C)c(C)c2C)c(C)c1C. The quantitative estimate of drug-likeness (QED) is 0.567. The summed E-state index contributed by atoms with van der Waals surface area (Å²) in [7, 11) is 0. The Balaban J connectivity index is 2.29. The van der Waals surface area contributed by atoms with E-state index in [1.165, 1.54) is 74.9 Å². The number of benzene rings is 2.